The number of rotatable bonds is 10. The Hall–Kier alpha value is -5.71. The van der Waals surface area contributed by atoms with Gasteiger partial charge in [-0.25, -0.2) is 8.42 Å². The quantitative estimate of drug-likeness (QED) is 0.0825. The number of methoxy groups -OCH3 is 1. The predicted octanol–water partition coefficient (Wildman–Crippen LogP) is 8.01. The topological polar surface area (TPSA) is 209 Å². The molecule has 0 spiro atoms. The maximum absolute atomic E-state index is 12.8. The SMILES string of the molecule is COc1cc(N=Nc2ccc(S(=O)(=O)Nc3ccc(C)cc3)cc2)c(C)cc1N=Nc1c(S(=O)(=O)O)cc2cccc(NC(C)=O)c2c1O. The lowest BCUT2D eigenvalue weighted by atomic mass is 10.1. The van der Waals surface area contributed by atoms with Gasteiger partial charge >= 0.3 is 0 Å². The minimum absolute atomic E-state index is 0.0422. The number of carbonyl (C=O) groups is 1. The van der Waals surface area contributed by atoms with Crippen LogP contribution < -0.4 is 14.8 Å². The molecule has 252 valence electrons. The third-order valence-corrected chi connectivity index (χ3v) is 9.41. The number of nitrogens with one attached hydrogen (secondary N) is 2. The van der Waals surface area contributed by atoms with Crippen molar-refractivity contribution in [3.05, 3.63) is 96.1 Å². The van der Waals surface area contributed by atoms with Crippen LogP contribution in [0.4, 0.5) is 34.1 Å². The number of hydrogen-bond acceptors (Lipinski definition) is 11. The van der Waals surface area contributed by atoms with E-state index < -0.39 is 42.4 Å². The first-order valence-electron chi connectivity index (χ1n) is 14.4. The molecule has 0 aromatic heterocycles. The monoisotopic (exact) mass is 702 g/mol. The summed E-state index contributed by atoms with van der Waals surface area (Å²) >= 11 is 0. The van der Waals surface area contributed by atoms with Crippen molar-refractivity contribution in [1.29, 1.82) is 0 Å². The molecule has 5 rings (SSSR count). The predicted molar refractivity (Wildman–Crippen MR) is 184 cm³/mol. The zero-order valence-corrected chi connectivity index (χ0v) is 28.2. The number of fused-ring (bicyclic) bond motifs is 1. The minimum Gasteiger partial charge on any atom is -0.505 e. The molecule has 0 aliphatic heterocycles. The number of anilines is 2. The molecular formula is C33H30N6O8S2. The molecule has 0 bridgehead atoms. The van der Waals surface area contributed by atoms with E-state index in [9.17, 15) is 31.3 Å². The van der Waals surface area contributed by atoms with Crippen LogP contribution in [0, 0.1) is 13.8 Å². The summed E-state index contributed by atoms with van der Waals surface area (Å²) in [6.45, 7) is 4.88. The fourth-order valence-corrected chi connectivity index (χ4v) is 6.46. The summed E-state index contributed by atoms with van der Waals surface area (Å²) in [5.41, 5.74) is 2.51. The molecular weight excluding hydrogens is 673 g/mol. The minimum atomic E-state index is -4.88. The van der Waals surface area contributed by atoms with Crippen molar-refractivity contribution >= 4 is 70.9 Å². The molecule has 49 heavy (non-hydrogen) atoms. The molecule has 0 fully saturated rings. The molecule has 0 heterocycles. The molecule has 0 aliphatic rings. The molecule has 5 aromatic carbocycles. The van der Waals surface area contributed by atoms with E-state index in [0.29, 0.717) is 22.6 Å². The first kappa shape index (κ1) is 34.6. The highest BCUT2D eigenvalue weighted by Gasteiger charge is 2.24. The average molecular weight is 703 g/mol. The molecule has 4 N–H and O–H groups in total. The lowest BCUT2D eigenvalue weighted by Gasteiger charge is -2.13. The first-order chi connectivity index (χ1) is 23.2. The molecule has 0 saturated heterocycles. The Balaban J connectivity index is 1.44. The van der Waals surface area contributed by atoms with Gasteiger partial charge in [-0.05, 0) is 79.4 Å². The first-order valence-corrected chi connectivity index (χ1v) is 17.3. The van der Waals surface area contributed by atoms with Crippen molar-refractivity contribution in [2.45, 2.75) is 30.6 Å². The second-order valence-electron chi connectivity index (χ2n) is 10.8. The largest absolute Gasteiger partial charge is 0.505 e. The maximum atomic E-state index is 12.8. The number of benzene rings is 5. The molecule has 0 saturated carbocycles. The van der Waals surface area contributed by atoms with Gasteiger partial charge < -0.3 is 15.2 Å². The van der Waals surface area contributed by atoms with Gasteiger partial charge in [-0.1, -0.05) is 29.8 Å². The van der Waals surface area contributed by atoms with Gasteiger partial charge in [0.15, 0.2) is 5.75 Å². The number of ether oxygens (including phenoxy) is 1. The van der Waals surface area contributed by atoms with Crippen LogP contribution >= 0.6 is 0 Å². The van der Waals surface area contributed by atoms with Crippen LogP contribution in [0.15, 0.2) is 115 Å². The summed E-state index contributed by atoms with van der Waals surface area (Å²) in [6, 6.07) is 21.5. The number of amides is 1. The van der Waals surface area contributed by atoms with Crippen LogP contribution in [0.25, 0.3) is 10.8 Å². The summed E-state index contributed by atoms with van der Waals surface area (Å²) in [5.74, 6) is -0.897. The van der Waals surface area contributed by atoms with E-state index in [2.05, 4.69) is 30.5 Å². The van der Waals surface area contributed by atoms with Gasteiger partial charge in [0.05, 0.1) is 29.1 Å². The number of nitrogens with zero attached hydrogens (tertiary/aromatic N) is 4. The van der Waals surface area contributed by atoms with Gasteiger partial charge in [-0.3, -0.25) is 14.1 Å². The molecule has 1 amide bonds. The zero-order valence-electron chi connectivity index (χ0n) is 26.5. The summed E-state index contributed by atoms with van der Waals surface area (Å²) in [5, 5.41) is 30.6. The van der Waals surface area contributed by atoms with Crippen molar-refractivity contribution in [3.8, 4) is 11.5 Å². The molecule has 0 unspecified atom stereocenters. The lowest BCUT2D eigenvalue weighted by Crippen LogP contribution is -2.12. The lowest BCUT2D eigenvalue weighted by molar-refractivity contribution is -0.114. The third-order valence-electron chi connectivity index (χ3n) is 7.15. The second kappa shape index (κ2) is 13.8. The Kier molecular flexibility index (Phi) is 9.75. The normalized spacial score (nSPS) is 12.1. The standard InChI is InChI=1S/C33H30N6O8S2/c1-19-8-10-24(11-9-19)39-48(42,43)25-14-12-23(13-15-25)35-36-27-18-29(47-4)28(16-20(27)2)37-38-32-30(49(44,45)46)17-22-6-5-7-26(34-21(3)40)31(22)33(32)41/h5-18,39,41H,1-4H3,(H,34,40)(H,44,45,46). The van der Waals surface area contributed by atoms with E-state index in [1.165, 1.54) is 62.6 Å². The number of aryl methyl sites for hydroxylation is 2. The average Bonchev–Trinajstić information content (AvgIpc) is 3.04. The van der Waals surface area contributed by atoms with Crippen molar-refractivity contribution < 1.29 is 36.0 Å². The fraction of sp³-hybridized carbons (Fsp3) is 0.121. The maximum Gasteiger partial charge on any atom is 0.296 e. The summed E-state index contributed by atoms with van der Waals surface area (Å²) in [4.78, 5) is 11.1. The van der Waals surface area contributed by atoms with Crippen LogP contribution in [0.5, 0.6) is 11.5 Å². The molecule has 0 radical (unpaired) electrons. The zero-order chi connectivity index (χ0) is 35.5. The van der Waals surface area contributed by atoms with E-state index in [1.54, 1.807) is 37.3 Å². The summed E-state index contributed by atoms with van der Waals surface area (Å²) in [6.07, 6.45) is 0. The van der Waals surface area contributed by atoms with Gasteiger partial charge in [0.25, 0.3) is 20.1 Å². The van der Waals surface area contributed by atoms with Crippen LogP contribution in [0.3, 0.4) is 0 Å². The Morgan fingerprint density at radius 2 is 1.49 bits per heavy atom. The number of hydrogen-bond donors (Lipinski definition) is 4. The highest BCUT2D eigenvalue weighted by Crippen LogP contribution is 2.45. The Morgan fingerprint density at radius 3 is 2.12 bits per heavy atom. The van der Waals surface area contributed by atoms with Crippen molar-refractivity contribution in [1.82, 2.24) is 0 Å². The van der Waals surface area contributed by atoms with E-state index in [0.717, 1.165) is 11.6 Å². The van der Waals surface area contributed by atoms with E-state index in [4.69, 9.17) is 4.74 Å². The molecule has 5 aromatic rings. The van der Waals surface area contributed by atoms with Crippen molar-refractivity contribution in [2.24, 2.45) is 20.5 Å². The Morgan fingerprint density at radius 1 is 0.816 bits per heavy atom. The number of aromatic hydroxyl groups is 1. The second-order valence-corrected chi connectivity index (χ2v) is 13.9. The Labute approximate surface area is 282 Å². The number of phenolic OH excluding ortho intramolecular Hbond substituents is 1. The highest BCUT2D eigenvalue weighted by atomic mass is 32.2. The third kappa shape index (κ3) is 7.89. The fourth-order valence-electron chi connectivity index (χ4n) is 4.74. The van der Waals surface area contributed by atoms with E-state index in [-0.39, 0.29) is 32.8 Å². The van der Waals surface area contributed by atoms with Gasteiger partial charge in [0.1, 0.15) is 22.0 Å². The molecule has 14 nitrogen and oxygen atoms in total. The van der Waals surface area contributed by atoms with E-state index in [1.807, 2.05) is 6.92 Å². The van der Waals surface area contributed by atoms with Gasteiger partial charge in [0, 0.05) is 24.1 Å². The van der Waals surface area contributed by atoms with Crippen molar-refractivity contribution in [2.75, 3.05) is 17.1 Å². The van der Waals surface area contributed by atoms with Crippen molar-refractivity contribution in [3.63, 3.8) is 0 Å². The summed E-state index contributed by atoms with van der Waals surface area (Å²) < 4.78 is 68.1. The van der Waals surface area contributed by atoms with E-state index >= 15 is 0 Å². The number of phenols is 1. The van der Waals surface area contributed by atoms with Crippen LogP contribution in [0.2, 0.25) is 0 Å². The van der Waals surface area contributed by atoms with Crippen LogP contribution in [-0.4, -0.2) is 39.5 Å². The smallest absolute Gasteiger partial charge is 0.296 e. The summed E-state index contributed by atoms with van der Waals surface area (Å²) in [7, 11) is -7.33. The van der Waals surface area contributed by atoms with Gasteiger partial charge in [-0.2, -0.15) is 18.6 Å². The van der Waals surface area contributed by atoms with Gasteiger partial charge in [-0.15, -0.1) is 10.2 Å². The van der Waals surface area contributed by atoms with Gasteiger partial charge in [0.2, 0.25) is 5.91 Å². The van der Waals surface area contributed by atoms with Crippen LogP contribution in [-0.2, 0) is 24.9 Å². The Bertz CT molecular complexity index is 2360. The highest BCUT2D eigenvalue weighted by molar-refractivity contribution is 7.92. The molecule has 16 heteroatoms. The molecule has 0 aliphatic carbocycles. The number of sulfonamides is 1. The van der Waals surface area contributed by atoms with Crippen LogP contribution in [0.1, 0.15) is 18.1 Å². The number of azo groups is 2. The number of carbonyl (C=O) groups excluding carboxylic acids is 1. The molecule has 0 atom stereocenters.